The number of hydrogen-bond acceptors (Lipinski definition) is 4. The van der Waals surface area contributed by atoms with E-state index in [0.29, 0.717) is 0 Å². The lowest BCUT2D eigenvalue weighted by Crippen LogP contribution is -1.99. The molecule has 0 radical (unpaired) electrons. The van der Waals surface area contributed by atoms with E-state index in [2.05, 4.69) is 0 Å². The van der Waals surface area contributed by atoms with Crippen molar-refractivity contribution in [3.63, 3.8) is 0 Å². The molecule has 0 spiro atoms. The molecule has 0 atom stereocenters. The number of hydrogen-bond donors (Lipinski definition) is 0. The molecule has 0 aromatic heterocycles. The van der Waals surface area contributed by atoms with Gasteiger partial charge in [0.15, 0.2) is 0 Å². The quantitative estimate of drug-likeness (QED) is 0.356. The van der Waals surface area contributed by atoms with E-state index in [9.17, 15) is 20.2 Å². The van der Waals surface area contributed by atoms with E-state index in [1.165, 1.54) is 0 Å². The molecule has 0 aliphatic carbocycles. The highest BCUT2D eigenvalue weighted by Gasteiger charge is 2.36. The molecule has 0 fully saturated rings. The average molecular weight is 306 g/mol. The summed E-state index contributed by atoms with van der Waals surface area (Å²) >= 11 is 22.1. The van der Waals surface area contributed by atoms with Gasteiger partial charge in [-0.1, -0.05) is 46.4 Å². The number of benzene rings is 1. The molecule has 0 aliphatic rings. The van der Waals surface area contributed by atoms with E-state index >= 15 is 0 Å². The number of nitrogens with zero attached hydrogens (tertiary/aromatic N) is 2. The Balaban J connectivity index is 3.83. The lowest BCUT2D eigenvalue weighted by atomic mass is 10.2. The largest absolute Gasteiger partial charge is 0.367 e. The molecular weight excluding hydrogens is 306 g/mol. The van der Waals surface area contributed by atoms with Crippen molar-refractivity contribution in [3.05, 3.63) is 40.3 Å². The standard InChI is InChI=1S/C6Cl4N2O4/c7-1-2(8)4(10)6(12(15)16)5(3(1)9)11(13)14. The Morgan fingerprint density at radius 2 is 0.938 bits per heavy atom. The second kappa shape index (κ2) is 4.58. The molecule has 0 saturated heterocycles. The fourth-order valence-corrected chi connectivity index (χ4v) is 1.91. The third-order valence-corrected chi connectivity index (χ3v) is 3.37. The zero-order valence-electron chi connectivity index (χ0n) is 7.04. The first-order chi connectivity index (χ1) is 7.29. The maximum absolute atomic E-state index is 10.6. The van der Waals surface area contributed by atoms with E-state index in [4.69, 9.17) is 46.4 Å². The number of halogens is 4. The van der Waals surface area contributed by atoms with Gasteiger partial charge in [0.25, 0.3) is 0 Å². The highest BCUT2D eigenvalue weighted by molar-refractivity contribution is 6.53. The summed E-state index contributed by atoms with van der Waals surface area (Å²) in [4.78, 5) is 19.1. The molecule has 0 N–H and O–H groups in total. The van der Waals surface area contributed by atoms with Crippen molar-refractivity contribution in [3.8, 4) is 0 Å². The van der Waals surface area contributed by atoms with Gasteiger partial charge in [-0.2, -0.15) is 0 Å². The minimum Gasteiger partial charge on any atom is -0.258 e. The Labute approximate surface area is 108 Å². The zero-order chi connectivity index (χ0) is 12.6. The summed E-state index contributed by atoms with van der Waals surface area (Å²) in [5.74, 6) is 0. The Hall–Kier alpha value is -0.820. The van der Waals surface area contributed by atoms with Crippen LogP contribution < -0.4 is 0 Å². The molecule has 0 aliphatic heterocycles. The van der Waals surface area contributed by atoms with Crippen molar-refractivity contribution in [2.24, 2.45) is 0 Å². The highest BCUT2D eigenvalue weighted by Crippen LogP contribution is 2.49. The predicted molar refractivity (Wildman–Crippen MR) is 59.8 cm³/mol. The third kappa shape index (κ3) is 2.01. The monoisotopic (exact) mass is 304 g/mol. The predicted octanol–water partition coefficient (Wildman–Crippen LogP) is 4.12. The van der Waals surface area contributed by atoms with Gasteiger partial charge >= 0.3 is 11.4 Å². The lowest BCUT2D eigenvalue weighted by molar-refractivity contribution is -0.422. The zero-order valence-corrected chi connectivity index (χ0v) is 10.1. The van der Waals surface area contributed by atoms with E-state index in [1.807, 2.05) is 0 Å². The average Bonchev–Trinajstić information content (AvgIpc) is 2.18. The fourth-order valence-electron chi connectivity index (χ4n) is 0.942. The van der Waals surface area contributed by atoms with Crippen LogP contribution in [0.4, 0.5) is 11.4 Å². The van der Waals surface area contributed by atoms with Gasteiger partial charge in [-0.05, 0) is 0 Å². The highest BCUT2D eigenvalue weighted by atomic mass is 35.5. The van der Waals surface area contributed by atoms with Crippen LogP contribution in [-0.2, 0) is 0 Å². The van der Waals surface area contributed by atoms with E-state index in [0.717, 1.165) is 0 Å². The van der Waals surface area contributed by atoms with Gasteiger partial charge in [0.1, 0.15) is 10.0 Å². The topological polar surface area (TPSA) is 86.3 Å². The van der Waals surface area contributed by atoms with Gasteiger partial charge in [-0.3, -0.25) is 20.2 Å². The summed E-state index contributed by atoms with van der Waals surface area (Å²) in [5.41, 5.74) is -1.96. The van der Waals surface area contributed by atoms with Gasteiger partial charge in [0.05, 0.1) is 19.9 Å². The van der Waals surface area contributed by atoms with Gasteiger partial charge in [-0.15, -0.1) is 0 Å². The van der Waals surface area contributed by atoms with Crippen LogP contribution >= 0.6 is 46.4 Å². The molecule has 0 bridgehead atoms. The van der Waals surface area contributed by atoms with Crippen molar-refractivity contribution in [1.82, 2.24) is 0 Å². The van der Waals surface area contributed by atoms with Crippen molar-refractivity contribution in [1.29, 1.82) is 0 Å². The summed E-state index contributed by atoms with van der Waals surface area (Å²) in [5, 5.41) is 19.2. The molecule has 0 heterocycles. The van der Waals surface area contributed by atoms with Crippen molar-refractivity contribution in [2.45, 2.75) is 0 Å². The Morgan fingerprint density at radius 1 is 0.688 bits per heavy atom. The van der Waals surface area contributed by atoms with E-state index in [-0.39, 0.29) is 0 Å². The van der Waals surface area contributed by atoms with Crippen LogP contribution in [-0.4, -0.2) is 9.85 Å². The number of nitro groups is 2. The SMILES string of the molecule is O=[N+]([O-])c1c(Cl)c(Cl)c(Cl)c(Cl)c1[N+](=O)[O-]. The molecule has 1 aromatic rings. The third-order valence-electron chi connectivity index (χ3n) is 1.58. The minimum absolute atomic E-state index is 0.398. The first-order valence-corrected chi connectivity index (χ1v) is 4.95. The first-order valence-electron chi connectivity index (χ1n) is 3.43. The van der Waals surface area contributed by atoms with Crippen LogP contribution in [0.25, 0.3) is 0 Å². The van der Waals surface area contributed by atoms with Crippen molar-refractivity contribution < 1.29 is 9.85 Å². The molecule has 86 valence electrons. The number of nitro benzene ring substituents is 2. The lowest BCUT2D eigenvalue weighted by Gasteiger charge is -2.04. The molecule has 6 nitrogen and oxygen atoms in total. The minimum atomic E-state index is -1.05. The van der Waals surface area contributed by atoms with E-state index < -0.39 is 41.3 Å². The van der Waals surface area contributed by atoms with Crippen LogP contribution in [0.1, 0.15) is 0 Å². The summed E-state index contributed by atoms with van der Waals surface area (Å²) in [6, 6.07) is 0. The Bertz CT molecular complexity index is 459. The number of rotatable bonds is 2. The Kier molecular flexibility index (Phi) is 3.80. The smallest absolute Gasteiger partial charge is 0.258 e. The van der Waals surface area contributed by atoms with Crippen LogP contribution in [0, 0.1) is 20.2 Å². The van der Waals surface area contributed by atoms with Crippen molar-refractivity contribution in [2.75, 3.05) is 0 Å². The molecular formula is C6Cl4N2O4. The molecule has 0 unspecified atom stereocenters. The fraction of sp³-hybridized carbons (Fsp3) is 0. The maximum atomic E-state index is 10.6. The van der Waals surface area contributed by atoms with Gasteiger partial charge in [0.2, 0.25) is 0 Å². The molecule has 10 heteroatoms. The van der Waals surface area contributed by atoms with Crippen LogP contribution in [0.15, 0.2) is 0 Å². The van der Waals surface area contributed by atoms with E-state index in [1.54, 1.807) is 0 Å². The summed E-state index contributed by atoms with van der Waals surface area (Å²) < 4.78 is 0. The van der Waals surface area contributed by atoms with Gasteiger partial charge in [0, 0.05) is 0 Å². The second-order valence-corrected chi connectivity index (χ2v) is 3.98. The molecule has 16 heavy (non-hydrogen) atoms. The molecule has 1 rings (SSSR count). The van der Waals surface area contributed by atoms with Gasteiger partial charge in [-0.25, -0.2) is 0 Å². The van der Waals surface area contributed by atoms with Crippen LogP contribution in [0.5, 0.6) is 0 Å². The van der Waals surface area contributed by atoms with Gasteiger partial charge < -0.3 is 0 Å². The van der Waals surface area contributed by atoms with Crippen LogP contribution in [0.3, 0.4) is 0 Å². The molecule has 0 saturated carbocycles. The van der Waals surface area contributed by atoms with Crippen molar-refractivity contribution >= 4 is 57.8 Å². The summed E-state index contributed by atoms with van der Waals surface area (Å²) in [6.07, 6.45) is 0. The first kappa shape index (κ1) is 13.2. The summed E-state index contributed by atoms with van der Waals surface area (Å²) in [7, 11) is 0. The maximum Gasteiger partial charge on any atom is 0.367 e. The molecule has 1 aromatic carbocycles. The normalized spacial score (nSPS) is 10.2. The summed E-state index contributed by atoms with van der Waals surface area (Å²) in [6.45, 7) is 0. The molecule has 0 amide bonds. The van der Waals surface area contributed by atoms with Crippen LogP contribution in [0.2, 0.25) is 20.1 Å². The Morgan fingerprint density at radius 3 is 1.12 bits per heavy atom. The second-order valence-electron chi connectivity index (χ2n) is 2.47.